The third kappa shape index (κ3) is 4.19. The van der Waals surface area contributed by atoms with Crippen molar-refractivity contribution in [3.05, 3.63) is 63.9 Å². The second-order valence-corrected chi connectivity index (χ2v) is 9.11. The summed E-state index contributed by atoms with van der Waals surface area (Å²) in [5.41, 5.74) is 0.513. The zero-order valence-corrected chi connectivity index (χ0v) is 16.9. The molecule has 0 saturated heterocycles. The molecule has 0 aliphatic carbocycles. The third-order valence-electron chi connectivity index (χ3n) is 3.85. The zero-order valence-electron chi connectivity index (χ0n) is 14.5. The van der Waals surface area contributed by atoms with Gasteiger partial charge in [0, 0.05) is 27.5 Å². The minimum Gasteiger partial charge on any atom is -0.285 e. The highest BCUT2D eigenvalue weighted by Crippen LogP contribution is 2.23. The molecule has 0 N–H and O–H groups in total. The molecule has 0 bridgehead atoms. The maximum Gasteiger partial charge on any atom is 0.262 e. The molecular weight excluding hydrogens is 388 g/mol. The largest absolute Gasteiger partial charge is 0.285 e. The fourth-order valence-corrected chi connectivity index (χ4v) is 5.19. The molecule has 26 heavy (non-hydrogen) atoms. The monoisotopic (exact) mass is 406 g/mol. The van der Waals surface area contributed by atoms with E-state index < -0.39 is 10.8 Å². The van der Waals surface area contributed by atoms with Crippen LogP contribution in [-0.4, -0.2) is 25.3 Å². The highest BCUT2D eigenvalue weighted by atomic mass is 35.5. The molecule has 0 radical (unpaired) electrons. The van der Waals surface area contributed by atoms with E-state index >= 15 is 0 Å². The normalized spacial score (nSPS) is 12.6. The molecule has 0 fully saturated rings. The molecule has 0 saturated carbocycles. The smallest absolute Gasteiger partial charge is 0.262 e. The SMILES string of the molecule is CC(C)n1c(SCCS(=O)c2ccccc2)nc2cc(Cl)ccc2c1=O. The topological polar surface area (TPSA) is 52.0 Å². The van der Waals surface area contributed by atoms with Crippen molar-refractivity contribution in [3.63, 3.8) is 0 Å². The van der Waals surface area contributed by atoms with Gasteiger partial charge in [-0.25, -0.2) is 4.98 Å². The van der Waals surface area contributed by atoms with Crippen molar-refractivity contribution in [3.8, 4) is 0 Å². The maximum absolute atomic E-state index is 12.8. The summed E-state index contributed by atoms with van der Waals surface area (Å²) in [6.07, 6.45) is 0. The van der Waals surface area contributed by atoms with Gasteiger partial charge in [0.05, 0.1) is 21.7 Å². The molecule has 1 aromatic heterocycles. The summed E-state index contributed by atoms with van der Waals surface area (Å²) < 4.78 is 14.1. The van der Waals surface area contributed by atoms with Crippen molar-refractivity contribution < 1.29 is 4.21 Å². The lowest BCUT2D eigenvalue weighted by Crippen LogP contribution is -2.25. The number of halogens is 1. The average molecular weight is 407 g/mol. The first-order valence-electron chi connectivity index (χ1n) is 8.25. The molecule has 3 aromatic rings. The molecule has 1 atom stereocenters. The van der Waals surface area contributed by atoms with Gasteiger partial charge < -0.3 is 0 Å². The van der Waals surface area contributed by atoms with E-state index in [0.29, 0.717) is 32.6 Å². The van der Waals surface area contributed by atoms with Gasteiger partial charge in [-0.05, 0) is 44.2 Å². The van der Waals surface area contributed by atoms with Crippen LogP contribution in [-0.2, 0) is 10.8 Å². The van der Waals surface area contributed by atoms with Gasteiger partial charge >= 0.3 is 0 Å². The molecular formula is C19H19ClN2O2S2. The Morgan fingerprint density at radius 2 is 1.92 bits per heavy atom. The first-order valence-corrected chi connectivity index (χ1v) is 10.9. The molecule has 136 valence electrons. The van der Waals surface area contributed by atoms with Crippen LogP contribution >= 0.6 is 23.4 Å². The second-order valence-electron chi connectivity index (χ2n) is 6.04. The summed E-state index contributed by atoms with van der Waals surface area (Å²) in [4.78, 5) is 18.3. The van der Waals surface area contributed by atoms with E-state index in [1.807, 2.05) is 44.2 Å². The minimum absolute atomic E-state index is 0.0165. The highest BCUT2D eigenvalue weighted by molar-refractivity contribution is 8.00. The van der Waals surface area contributed by atoms with Gasteiger partial charge in [0.25, 0.3) is 5.56 Å². The summed E-state index contributed by atoms with van der Waals surface area (Å²) in [5, 5.41) is 1.73. The third-order valence-corrected chi connectivity index (χ3v) is 6.67. The number of hydrogen-bond acceptors (Lipinski definition) is 4. The predicted octanol–water partition coefficient (Wildman–Crippen LogP) is 4.53. The first kappa shape index (κ1) is 19.1. The lowest BCUT2D eigenvalue weighted by molar-refractivity contribution is 0.519. The van der Waals surface area contributed by atoms with Crippen LogP contribution in [0.2, 0.25) is 5.02 Å². The van der Waals surface area contributed by atoms with E-state index in [2.05, 4.69) is 4.98 Å². The van der Waals surface area contributed by atoms with Crippen molar-refractivity contribution in [2.75, 3.05) is 11.5 Å². The summed E-state index contributed by atoms with van der Waals surface area (Å²) in [5.74, 6) is 1.10. The number of aromatic nitrogens is 2. The molecule has 7 heteroatoms. The molecule has 0 aliphatic heterocycles. The van der Waals surface area contributed by atoms with E-state index in [1.165, 1.54) is 11.8 Å². The van der Waals surface area contributed by atoms with Gasteiger partial charge in [-0.3, -0.25) is 13.6 Å². The van der Waals surface area contributed by atoms with E-state index in [0.717, 1.165) is 4.90 Å². The number of nitrogens with zero attached hydrogens (tertiary/aromatic N) is 2. The first-order chi connectivity index (χ1) is 12.5. The number of benzene rings is 2. The Kier molecular flexibility index (Phi) is 6.16. The van der Waals surface area contributed by atoms with Gasteiger partial charge in [0.1, 0.15) is 0 Å². The van der Waals surface area contributed by atoms with Crippen LogP contribution in [0, 0.1) is 0 Å². The molecule has 0 spiro atoms. The fourth-order valence-electron chi connectivity index (χ4n) is 2.61. The van der Waals surface area contributed by atoms with Crippen LogP contribution in [0.1, 0.15) is 19.9 Å². The van der Waals surface area contributed by atoms with Crippen molar-refractivity contribution in [1.29, 1.82) is 0 Å². The molecule has 2 aromatic carbocycles. The number of fused-ring (bicyclic) bond motifs is 1. The quantitative estimate of drug-likeness (QED) is 0.445. The standard InChI is InChI=1S/C19H19ClN2O2S2/c1-13(2)22-18(23)16-9-8-14(20)12-17(16)21-19(22)25-10-11-26(24)15-6-4-3-5-7-15/h3-9,12-13H,10-11H2,1-2H3. The summed E-state index contributed by atoms with van der Waals surface area (Å²) in [6.45, 7) is 3.91. The van der Waals surface area contributed by atoms with Crippen LogP contribution in [0.4, 0.5) is 0 Å². The fraction of sp³-hybridized carbons (Fsp3) is 0.263. The second kappa shape index (κ2) is 8.37. The number of rotatable bonds is 6. The molecule has 3 rings (SSSR count). The molecule has 0 amide bonds. The van der Waals surface area contributed by atoms with Crippen molar-refractivity contribution in [2.45, 2.75) is 29.9 Å². The Bertz CT molecular complexity index is 1000. The van der Waals surface area contributed by atoms with Crippen LogP contribution in [0.15, 0.2) is 63.4 Å². The molecule has 0 aliphatic rings. The number of hydrogen-bond donors (Lipinski definition) is 0. The van der Waals surface area contributed by atoms with E-state index in [9.17, 15) is 9.00 Å². The Labute approximate surface area is 164 Å². The lowest BCUT2D eigenvalue weighted by Gasteiger charge is -2.16. The van der Waals surface area contributed by atoms with Gasteiger partial charge in [0.2, 0.25) is 0 Å². The van der Waals surface area contributed by atoms with Crippen molar-refractivity contribution >= 4 is 45.1 Å². The average Bonchev–Trinajstić information content (AvgIpc) is 2.61. The summed E-state index contributed by atoms with van der Waals surface area (Å²) in [6, 6.07) is 14.5. The van der Waals surface area contributed by atoms with Crippen LogP contribution in [0.5, 0.6) is 0 Å². The lowest BCUT2D eigenvalue weighted by atomic mass is 10.2. The Hall–Kier alpha value is -1.63. The van der Waals surface area contributed by atoms with E-state index in [1.54, 1.807) is 22.8 Å². The van der Waals surface area contributed by atoms with Crippen LogP contribution in [0.3, 0.4) is 0 Å². The van der Waals surface area contributed by atoms with Crippen molar-refractivity contribution in [2.24, 2.45) is 0 Å². The van der Waals surface area contributed by atoms with Gasteiger partial charge in [-0.2, -0.15) is 0 Å². The highest BCUT2D eigenvalue weighted by Gasteiger charge is 2.15. The molecule has 1 unspecified atom stereocenters. The van der Waals surface area contributed by atoms with E-state index in [-0.39, 0.29) is 11.6 Å². The minimum atomic E-state index is -1.07. The van der Waals surface area contributed by atoms with Crippen molar-refractivity contribution in [1.82, 2.24) is 9.55 Å². The predicted molar refractivity (Wildman–Crippen MR) is 110 cm³/mol. The molecule has 4 nitrogen and oxygen atoms in total. The van der Waals surface area contributed by atoms with Crippen LogP contribution < -0.4 is 5.56 Å². The van der Waals surface area contributed by atoms with E-state index in [4.69, 9.17) is 11.6 Å². The zero-order chi connectivity index (χ0) is 18.7. The van der Waals surface area contributed by atoms with Gasteiger partial charge in [-0.15, -0.1) is 0 Å². The molecule has 1 heterocycles. The van der Waals surface area contributed by atoms with Gasteiger partial charge in [0.15, 0.2) is 5.16 Å². The summed E-state index contributed by atoms with van der Waals surface area (Å²) >= 11 is 7.49. The van der Waals surface area contributed by atoms with Gasteiger partial charge in [-0.1, -0.05) is 41.6 Å². The Morgan fingerprint density at radius 3 is 2.62 bits per heavy atom. The van der Waals surface area contributed by atoms with Crippen LogP contribution in [0.25, 0.3) is 10.9 Å². The Balaban J connectivity index is 1.85. The number of thioether (sulfide) groups is 1. The summed E-state index contributed by atoms with van der Waals surface area (Å²) in [7, 11) is -1.07. The Morgan fingerprint density at radius 1 is 1.19 bits per heavy atom. The maximum atomic E-state index is 12.8.